The average molecular weight is 126 g/mol. The Bertz CT molecular complexity index is 45.7. The zero-order valence-electron chi connectivity index (χ0n) is 5.85. The fourth-order valence-corrected chi connectivity index (χ4v) is 0.904. The molecule has 0 unspecified atom stereocenters. The van der Waals surface area contributed by atoms with Crippen LogP contribution in [0.15, 0.2) is 0 Å². The van der Waals surface area contributed by atoms with Crippen LogP contribution in [0.5, 0.6) is 0 Å². The van der Waals surface area contributed by atoms with Gasteiger partial charge >= 0.3 is 51.4 Å². The first-order valence-corrected chi connectivity index (χ1v) is 2.57. The smallest absolute Gasteiger partial charge is 1.00 e. The maximum Gasteiger partial charge on any atom is 1.00 e. The molecule has 0 aromatic heterocycles. The second-order valence-electron chi connectivity index (χ2n) is 1.94. The molecule has 0 amide bonds. The summed E-state index contributed by atoms with van der Waals surface area (Å²) in [5, 5.41) is 8.73. The minimum absolute atomic E-state index is 0. The molecule has 1 rings (SSSR count). The summed E-state index contributed by atoms with van der Waals surface area (Å²) in [6.45, 7) is 0. The zero-order valence-corrected chi connectivity index (χ0v) is 7.98. The minimum Gasteiger partial charge on any atom is -1.00 e. The van der Waals surface area contributed by atoms with Gasteiger partial charge in [-0.05, 0) is 12.8 Å². The van der Waals surface area contributed by atoms with Crippen molar-refractivity contribution in [1.82, 2.24) is 0 Å². The van der Waals surface area contributed by atoms with E-state index < -0.39 is 0 Å². The average Bonchev–Trinajstić information content (AvgIpc) is 1.86. The van der Waals surface area contributed by atoms with E-state index in [1.54, 1.807) is 0 Å². The predicted molar refractivity (Wildman–Crippen MR) is 25.6 cm³/mol. The molecule has 0 aliphatic heterocycles. The van der Waals surface area contributed by atoms with Crippen LogP contribution < -0.4 is 51.4 Å². The van der Waals surface area contributed by atoms with Crippen LogP contribution in [0.4, 0.5) is 0 Å². The topological polar surface area (TPSA) is 20.2 Å². The molecule has 1 nitrogen and oxygen atoms in total. The summed E-state index contributed by atoms with van der Waals surface area (Å²) in [6.07, 6.45) is 4.60. The number of aliphatic hydroxyl groups is 1. The quantitative estimate of drug-likeness (QED) is 0.374. The monoisotopic (exact) mass is 126 g/mol. The SMILES string of the molecule is OC1CCCC1.[H-].[K+]. The Hall–Kier alpha value is 1.60. The standard InChI is InChI=1S/C5H10O.K.H/c6-5-3-1-2-4-5;;/h5-6H,1-4H2;;/q;+1;-1. The zero-order chi connectivity index (χ0) is 4.41. The Morgan fingerprint density at radius 1 is 1.29 bits per heavy atom. The van der Waals surface area contributed by atoms with Crippen molar-refractivity contribution < 1.29 is 57.9 Å². The molecule has 0 atom stereocenters. The van der Waals surface area contributed by atoms with Crippen molar-refractivity contribution >= 4 is 0 Å². The van der Waals surface area contributed by atoms with Crippen LogP contribution in [-0.4, -0.2) is 11.2 Å². The Balaban J connectivity index is 0. The van der Waals surface area contributed by atoms with Gasteiger partial charge in [-0.3, -0.25) is 0 Å². The maximum absolute atomic E-state index is 8.73. The molecule has 1 fully saturated rings. The number of hydrogen-bond donors (Lipinski definition) is 1. The van der Waals surface area contributed by atoms with E-state index in [9.17, 15) is 0 Å². The molecule has 0 bridgehead atoms. The van der Waals surface area contributed by atoms with Crippen LogP contribution in [0.3, 0.4) is 0 Å². The van der Waals surface area contributed by atoms with Crippen molar-refractivity contribution in [3.63, 3.8) is 0 Å². The molecular weight excluding hydrogens is 115 g/mol. The molecule has 0 saturated heterocycles. The van der Waals surface area contributed by atoms with Gasteiger partial charge in [0.1, 0.15) is 0 Å². The van der Waals surface area contributed by atoms with Gasteiger partial charge in [0.15, 0.2) is 0 Å². The van der Waals surface area contributed by atoms with Crippen LogP contribution in [0.1, 0.15) is 27.1 Å². The van der Waals surface area contributed by atoms with Crippen molar-refractivity contribution in [2.24, 2.45) is 0 Å². The van der Waals surface area contributed by atoms with Gasteiger partial charge in [-0.25, -0.2) is 0 Å². The second-order valence-corrected chi connectivity index (χ2v) is 1.94. The predicted octanol–water partition coefficient (Wildman–Crippen LogP) is -1.96. The van der Waals surface area contributed by atoms with Crippen LogP contribution in [0.2, 0.25) is 0 Å². The molecule has 0 spiro atoms. The maximum atomic E-state index is 8.73. The van der Waals surface area contributed by atoms with Gasteiger partial charge in [-0.15, -0.1) is 0 Å². The molecule has 38 valence electrons. The summed E-state index contributed by atoms with van der Waals surface area (Å²) in [4.78, 5) is 0. The Morgan fingerprint density at radius 3 is 1.86 bits per heavy atom. The number of rotatable bonds is 0. The molecular formula is C5H11KO. The summed E-state index contributed by atoms with van der Waals surface area (Å²) < 4.78 is 0. The Labute approximate surface area is 88.4 Å². The molecule has 0 aromatic carbocycles. The molecule has 0 heterocycles. The summed E-state index contributed by atoms with van der Waals surface area (Å²) in [5.74, 6) is 0. The fraction of sp³-hybridized carbons (Fsp3) is 1.00. The van der Waals surface area contributed by atoms with Gasteiger partial charge in [0.05, 0.1) is 6.10 Å². The van der Waals surface area contributed by atoms with Crippen molar-refractivity contribution in [2.45, 2.75) is 31.8 Å². The van der Waals surface area contributed by atoms with E-state index >= 15 is 0 Å². The first-order valence-electron chi connectivity index (χ1n) is 2.57. The summed E-state index contributed by atoms with van der Waals surface area (Å²) >= 11 is 0. The van der Waals surface area contributed by atoms with E-state index in [0.29, 0.717) is 0 Å². The molecule has 1 aliphatic rings. The number of hydrogen-bond acceptors (Lipinski definition) is 1. The first kappa shape index (κ1) is 8.60. The van der Waals surface area contributed by atoms with Gasteiger partial charge in [-0.1, -0.05) is 12.8 Å². The summed E-state index contributed by atoms with van der Waals surface area (Å²) in [6, 6.07) is 0. The Kier molecular flexibility index (Phi) is 5.49. The van der Waals surface area contributed by atoms with Gasteiger partial charge in [0.25, 0.3) is 0 Å². The third-order valence-electron chi connectivity index (χ3n) is 1.32. The molecule has 2 heteroatoms. The fourth-order valence-electron chi connectivity index (χ4n) is 0.904. The summed E-state index contributed by atoms with van der Waals surface area (Å²) in [5.41, 5.74) is 0. The van der Waals surface area contributed by atoms with E-state index in [0.717, 1.165) is 12.8 Å². The van der Waals surface area contributed by atoms with E-state index in [4.69, 9.17) is 5.11 Å². The van der Waals surface area contributed by atoms with Gasteiger partial charge in [0.2, 0.25) is 0 Å². The second kappa shape index (κ2) is 4.47. The van der Waals surface area contributed by atoms with Gasteiger partial charge < -0.3 is 6.53 Å². The first-order chi connectivity index (χ1) is 2.89. The third-order valence-corrected chi connectivity index (χ3v) is 1.32. The molecule has 7 heavy (non-hydrogen) atoms. The van der Waals surface area contributed by atoms with Crippen molar-refractivity contribution in [1.29, 1.82) is 0 Å². The van der Waals surface area contributed by atoms with Gasteiger partial charge in [0, 0.05) is 0 Å². The minimum atomic E-state index is 0. The normalized spacial score (nSPS) is 21.9. The van der Waals surface area contributed by atoms with E-state index in [2.05, 4.69) is 0 Å². The van der Waals surface area contributed by atoms with E-state index in [-0.39, 0.29) is 58.9 Å². The summed E-state index contributed by atoms with van der Waals surface area (Å²) in [7, 11) is 0. The van der Waals surface area contributed by atoms with Crippen LogP contribution in [0, 0.1) is 0 Å². The largest absolute Gasteiger partial charge is 1.00 e. The van der Waals surface area contributed by atoms with E-state index in [1.807, 2.05) is 0 Å². The van der Waals surface area contributed by atoms with E-state index in [1.165, 1.54) is 12.8 Å². The molecule has 1 N–H and O–H groups in total. The van der Waals surface area contributed by atoms with Crippen molar-refractivity contribution in [3.05, 3.63) is 0 Å². The molecule has 0 radical (unpaired) electrons. The number of aliphatic hydroxyl groups excluding tert-OH is 1. The van der Waals surface area contributed by atoms with Crippen molar-refractivity contribution in [2.75, 3.05) is 0 Å². The Morgan fingerprint density at radius 2 is 1.71 bits per heavy atom. The molecule has 1 aliphatic carbocycles. The molecule has 0 aromatic rings. The molecule has 1 saturated carbocycles. The van der Waals surface area contributed by atoms with Crippen LogP contribution >= 0.6 is 0 Å². The van der Waals surface area contributed by atoms with Crippen LogP contribution in [0.25, 0.3) is 0 Å². The van der Waals surface area contributed by atoms with Crippen LogP contribution in [-0.2, 0) is 0 Å². The van der Waals surface area contributed by atoms with Gasteiger partial charge in [-0.2, -0.15) is 0 Å². The van der Waals surface area contributed by atoms with Crippen molar-refractivity contribution in [3.8, 4) is 0 Å². The third kappa shape index (κ3) is 3.22.